The molecule has 0 fully saturated rings. The largest absolute Gasteiger partial charge is 0.310 e. The molecule has 0 aromatic heterocycles. The van der Waals surface area contributed by atoms with E-state index in [0.717, 1.165) is 34.1 Å². The molecule has 0 saturated carbocycles. The van der Waals surface area contributed by atoms with Crippen molar-refractivity contribution in [1.29, 1.82) is 0 Å². The summed E-state index contributed by atoms with van der Waals surface area (Å²) in [7, 11) is 0. The van der Waals surface area contributed by atoms with Crippen molar-refractivity contribution in [2.24, 2.45) is 0 Å². The van der Waals surface area contributed by atoms with Crippen LogP contribution in [0.3, 0.4) is 0 Å². The summed E-state index contributed by atoms with van der Waals surface area (Å²) in [5, 5.41) is 7.25. The molecule has 0 unspecified atom stereocenters. The van der Waals surface area contributed by atoms with Crippen molar-refractivity contribution in [3.8, 4) is 22.3 Å². The Morgan fingerprint density at radius 1 is 0.232 bits per heavy atom. The predicted octanol–water partition coefficient (Wildman–Crippen LogP) is 15.4. The monoisotopic (exact) mass is 714 g/mol. The normalized spacial score (nSPS) is 11.2. The molecule has 0 aliphatic carbocycles. The molecule has 264 valence electrons. The molecule has 10 aromatic rings. The molecular formula is C54H38N2. The van der Waals surface area contributed by atoms with E-state index in [1.54, 1.807) is 0 Å². The van der Waals surface area contributed by atoms with Gasteiger partial charge < -0.3 is 9.80 Å². The molecule has 2 heteroatoms. The smallest absolute Gasteiger partial charge is 0.0540 e. The summed E-state index contributed by atoms with van der Waals surface area (Å²) < 4.78 is 0. The highest BCUT2D eigenvalue weighted by Gasteiger charge is 2.22. The lowest BCUT2D eigenvalue weighted by Gasteiger charge is -2.29. The molecule has 2 nitrogen and oxygen atoms in total. The second-order valence-electron chi connectivity index (χ2n) is 14.1. The van der Waals surface area contributed by atoms with E-state index in [4.69, 9.17) is 0 Å². The number of hydrogen-bond donors (Lipinski definition) is 0. The predicted molar refractivity (Wildman–Crippen MR) is 239 cm³/mol. The van der Waals surface area contributed by atoms with Gasteiger partial charge in [-0.2, -0.15) is 0 Å². The molecule has 10 aromatic carbocycles. The van der Waals surface area contributed by atoms with Crippen molar-refractivity contribution in [3.05, 3.63) is 231 Å². The lowest BCUT2D eigenvalue weighted by molar-refractivity contribution is 1.29. The van der Waals surface area contributed by atoms with Gasteiger partial charge in [0.2, 0.25) is 0 Å². The molecule has 0 aliphatic heterocycles. The fourth-order valence-corrected chi connectivity index (χ4v) is 8.20. The molecule has 0 heterocycles. The molecule has 0 N–H and O–H groups in total. The Morgan fingerprint density at radius 3 is 1.09 bits per heavy atom. The van der Waals surface area contributed by atoms with Crippen LogP contribution in [0.5, 0.6) is 0 Å². The van der Waals surface area contributed by atoms with Crippen LogP contribution < -0.4 is 9.80 Å². The molecule has 0 spiro atoms. The van der Waals surface area contributed by atoms with Crippen molar-refractivity contribution in [2.75, 3.05) is 9.80 Å². The van der Waals surface area contributed by atoms with Crippen molar-refractivity contribution in [3.63, 3.8) is 0 Å². The van der Waals surface area contributed by atoms with Crippen LogP contribution in [0.2, 0.25) is 0 Å². The van der Waals surface area contributed by atoms with Gasteiger partial charge in [0.15, 0.2) is 0 Å². The standard InChI is InChI=1S/C54H38N2/c1-5-19-44(20-6-1)55(45-21-7-2-8-22-45)52-29-15-27-48-50(52)38-51-49(28-16-30-53(51)56(46-23-9-3-10-24-46)47-25-11-4-12-26-47)54(48)41-34-31-40(32-35-41)43-36-33-39-17-13-14-18-42(39)37-43/h1-38H. The average molecular weight is 715 g/mol. The molecule has 0 radical (unpaired) electrons. The lowest BCUT2D eigenvalue weighted by atomic mass is 9.89. The maximum Gasteiger partial charge on any atom is 0.0540 e. The fraction of sp³-hybridized carbons (Fsp3) is 0. The molecule has 0 saturated heterocycles. The van der Waals surface area contributed by atoms with E-state index < -0.39 is 0 Å². The Kier molecular flexibility index (Phi) is 8.55. The quantitative estimate of drug-likeness (QED) is 0.145. The molecule has 56 heavy (non-hydrogen) atoms. The Bertz CT molecular complexity index is 2720. The number of anilines is 6. The number of benzene rings is 10. The van der Waals surface area contributed by atoms with Crippen LogP contribution >= 0.6 is 0 Å². The van der Waals surface area contributed by atoms with E-state index in [1.165, 1.54) is 54.6 Å². The molecule has 0 bridgehead atoms. The number of para-hydroxylation sites is 4. The van der Waals surface area contributed by atoms with Crippen molar-refractivity contribution < 1.29 is 0 Å². The van der Waals surface area contributed by atoms with Crippen LogP contribution in [0, 0.1) is 0 Å². The number of hydrogen-bond acceptors (Lipinski definition) is 2. The zero-order valence-electron chi connectivity index (χ0n) is 30.8. The first-order chi connectivity index (χ1) is 27.8. The Labute approximate surface area is 327 Å². The van der Waals surface area contributed by atoms with Crippen molar-refractivity contribution in [1.82, 2.24) is 0 Å². The minimum atomic E-state index is 1.11. The Morgan fingerprint density at radius 2 is 0.625 bits per heavy atom. The van der Waals surface area contributed by atoms with Crippen LogP contribution in [0.1, 0.15) is 0 Å². The van der Waals surface area contributed by atoms with Gasteiger partial charge in [-0.05, 0) is 117 Å². The topological polar surface area (TPSA) is 6.48 Å². The SMILES string of the molecule is c1ccc(N(c2ccccc2)c2cccc3c(-c4ccc(-c5ccc6ccccc6c5)cc4)c4cccc(N(c5ccccc5)c5ccccc5)c4cc23)cc1. The fourth-order valence-electron chi connectivity index (χ4n) is 8.20. The first kappa shape index (κ1) is 33.2. The highest BCUT2D eigenvalue weighted by Crippen LogP contribution is 2.48. The van der Waals surface area contributed by atoms with Gasteiger partial charge in [0.05, 0.1) is 11.4 Å². The molecule has 0 aliphatic rings. The van der Waals surface area contributed by atoms with Gasteiger partial charge in [0, 0.05) is 33.5 Å². The van der Waals surface area contributed by atoms with Gasteiger partial charge in [-0.15, -0.1) is 0 Å². The summed E-state index contributed by atoms with van der Waals surface area (Å²) in [6.07, 6.45) is 0. The summed E-state index contributed by atoms with van der Waals surface area (Å²) in [6.45, 7) is 0. The lowest BCUT2D eigenvalue weighted by Crippen LogP contribution is -2.11. The van der Waals surface area contributed by atoms with Gasteiger partial charge in [-0.3, -0.25) is 0 Å². The molecular weight excluding hydrogens is 677 g/mol. The molecule has 10 rings (SSSR count). The highest BCUT2D eigenvalue weighted by molar-refractivity contribution is 6.19. The van der Waals surface area contributed by atoms with E-state index in [-0.39, 0.29) is 0 Å². The van der Waals surface area contributed by atoms with Crippen molar-refractivity contribution >= 4 is 66.4 Å². The van der Waals surface area contributed by atoms with E-state index in [9.17, 15) is 0 Å². The van der Waals surface area contributed by atoms with Gasteiger partial charge in [0.25, 0.3) is 0 Å². The van der Waals surface area contributed by atoms with E-state index in [0.29, 0.717) is 0 Å². The van der Waals surface area contributed by atoms with Crippen LogP contribution in [0.25, 0.3) is 54.6 Å². The first-order valence-corrected chi connectivity index (χ1v) is 19.2. The summed E-state index contributed by atoms with van der Waals surface area (Å²) >= 11 is 0. The summed E-state index contributed by atoms with van der Waals surface area (Å²) in [4.78, 5) is 4.77. The third-order valence-corrected chi connectivity index (χ3v) is 10.8. The van der Waals surface area contributed by atoms with E-state index in [1.807, 2.05) is 0 Å². The maximum atomic E-state index is 2.42. The minimum absolute atomic E-state index is 1.11. The number of fused-ring (bicyclic) bond motifs is 3. The third kappa shape index (κ3) is 6.04. The highest BCUT2D eigenvalue weighted by atomic mass is 15.1. The van der Waals surface area contributed by atoms with E-state index in [2.05, 4.69) is 240 Å². The summed E-state index contributed by atoms with van der Waals surface area (Å²) in [5.74, 6) is 0. The van der Waals surface area contributed by atoms with Gasteiger partial charge in [-0.1, -0.05) is 158 Å². The summed E-state index contributed by atoms with van der Waals surface area (Å²) in [5.41, 5.74) is 11.5. The van der Waals surface area contributed by atoms with Crippen LogP contribution in [-0.2, 0) is 0 Å². The Balaban J connectivity index is 1.25. The zero-order chi connectivity index (χ0) is 37.3. The summed E-state index contributed by atoms with van der Waals surface area (Å²) in [6, 6.07) is 83.2. The third-order valence-electron chi connectivity index (χ3n) is 10.8. The van der Waals surface area contributed by atoms with Gasteiger partial charge in [0.1, 0.15) is 0 Å². The minimum Gasteiger partial charge on any atom is -0.310 e. The van der Waals surface area contributed by atoms with Crippen LogP contribution in [-0.4, -0.2) is 0 Å². The zero-order valence-corrected chi connectivity index (χ0v) is 30.8. The van der Waals surface area contributed by atoms with Crippen LogP contribution in [0.4, 0.5) is 34.1 Å². The molecule has 0 atom stereocenters. The Hall–Kier alpha value is -7.42. The molecule has 0 amide bonds. The van der Waals surface area contributed by atoms with Gasteiger partial charge in [-0.25, -0.2) is 0 Å². The number of nitrogens with zero attached hydrogens (tertiary/aromatic N) is 2. The van der Waals surface area contributed by atoms with E-state index >= 15 is 0 Å². The number of rotatable bonds is 8. The first-order valence-electron chi connectivity index (χ1n) is 19.2. The van der Waals surface area contributed by atoms with Crippen molar-refractivity contribution in [2.45, 2.75) is 0 Å². The maximum absolute atomic E-state index is 2.42. The van der Waals surface area contributed by atoms with Gasteiger partial charge >= 0.3 is 0 Å². The van der Waals surface area contributed by atoms with Crippen LogP contribution in [0.15, 0.2) is 231 Å². The second kappa shape index (κ2) is 14.4. The average Bonchev–Trinajstić information content (AvgIpc) is 3.27. The second-order valence-corrected chi connectivity index (χ2v) is 14.1.